The van der Waals surface area contributed by atoms with E-state index in [4.69, 9.17) is 4.74 Å². The van der Waals surface area contributed by atoms with Crippen LogP contribution in [0.25, 0.3) is 0 Å². The third-order valence-electron chi connectivity index (χ3n) is 5.41. The van der Waals surface area contributed by atoms with Gasteiger partial charge < -0.3 is 24.7 Å². The summed E-state index contributed by atoms with van der Waals surface area (Å²) in [6, 6.07) is 7.35. The predicted molar refractivity (Wildman–Crippen MR) is 113 cm³/mol. The second-order valence-electron chi connectivity index (χ2n) is 7.60. The summed E-state index contributed by atoms with van der Waals surface area (Å²) < 4.78 is 4.73. The van der Waals surface area contributed by atoms with Crippen LogP contribution < -0.4 is 0 Å². The topological polar surface area (TPSA) is 107 Å². The van der Waals surface area contributed by atoms with Crippen LogP contribution in [-0.4, -0.2) is 58.5 Å². The van der Waals surface area contributed by atoms with Crippen LogP contribution in [0.1, 0.15) is 62.0 Å². The first-order valence-corrected chi connectivity index (χ1v) is 10.1. The van der Waals surface area contributed by atoms with Gasteiger partial charge in [-0.1, -0.05) is 19.4 Å². The zero-order valence-electron chi connectivity index (χ0n) is 17.8. The van der Waals surface area contributed by atoms with E-state index in [-0.39, 0.29) is 23.4 Å². The number of carbonyl (C=O) groups is 3. The summed E-state index contributed by atoms with van der Waals surface area (Å²) in [6.07, 6.45) is 1.72. The maximum Gasteiger partial charge on any atom is 0.337 e. The molecule has 31 heavy (non-hydrogen) atoms. The van der Waals surface area contributed by atoms with Crippen molar-refractivity contribution in [2.75, 3.05) is 20.7 Å². The fraction of sp³-hybridized carbons (Fsp3) is 0.348. The van der Waals surface area contributed by atoms with Crippen molar-refractivity contribution in [3.63, 3.8) is 0 Å². The lowest BCUT2D eigenvalue weighted by Gasteiger charge is -2.20. The Morgan fingerprint density at radius 3 is 2.39 bits per heavy atom. The van der Waals surface area contributed by atoms with Crippen LogP contribution in [0.15, 0.2) is 30.3 Å². The molecule has 0 fully saturated rings. The molecule has 8 nitrogen and oxygen atoms in total. The number of rotatable bonds is 6. The molecule has 0 unspecified atom stereocenters. The van der Waals surface area contributed by atoms with Crippen molar-refractivity contribution >= 4 is 17.8 Å². The van der Waals surface area contributed by atoms with Gasteiger partial charge in [0.15, 0.2) is 0 Å². The summed E-state index contributed by atoms with van der Waals surface area (Å²) in [4.78, 5) is 40.5. The first-order valence-electron chi connectivity index (χ1n) is 10.1. The minimum atomic E-state index is -0.474. The maximum atomic E-state index is 13.1. The maximum absolute atomic E-state index is 13.1. The van der Waals surface area contributed by atoms with Gasteiger partial charge in [0.1, 0.15) is 11.5 Å². The van der Waals surface area contributed by atoms with E-state index < -0.39 is 23.5 Å². The van der Waals surface area contributed by atoms with Gasteiger partial charge >= 0.3 is 5.97 Å². The second-order valence-corrected chi connectivity index (χ2v) is 7.60. The van der Waals surface area contributed by atoms with Gasteiger partial charge in [-0.25, -0.2) is 4.79 Å². The van der Waals surface area contributed by atoms with E-state index in [0.29, 0.717) is 18.7 Å². The standard InChI is InChI=1S/C23H26N2O6/c1-4-5-8-24(2)21(28)17-10-18(20(27)11-19(17)26)22(29)25-12-15-7-6-14(23(30)31-3)9-16(15)13-25/h6-7,9-11,26-27H,4-5,8,12-13H2,1-3H3. The normalized spacial score (nSPS) is 12.4. The number of amides is 2. The second kappa shape index (κ2) is 9.07. The largest absolute Gasteiger partial charge is 0.507 e. The number of ether oxygens (including phenoxy) is 1. The summed E-state index contributed by atoms with van der Waals surface area (Å²) in [7, 11) is 2.93. The lowest BCUT2D eigenvalue weighted by atomic mass is 10.1. The van der Waals surface area contributed by atoms with E-state index in [0.717, 1.165) is 30.0 Å². The molecule has 1 heterocycles. The van der Waals surface area contributed by atoms with E-state index in [1.807, 2.05) is 6.92 Å². The zero-order chi connectivity index (χ0) is 22.7. The van der Waals surface area contributed by atoms with Crippen LogP contribution in [0.5, 0.6) is 11.5 Å². The number of hydrogen-bond donors (Lipinski definition) is 2. The Hall–Kier alpha value is -3.55. The molecule has 2 N–H and O–H groups in total. The fourth-order valence-corrected chi connectivity index (χ4v) is 3.58. The van der Waals surface area contributed by atoms with Crippen molar-refractivity contribution in [1.82, 2.24) is 9.80 Å². The van der Waals surface area contributed by atoms with E-state index in [2.05, 4.69) is 0 Å². The fourth-order valence-electron chi connectivity index (χ4n) is 3.58. The molecule has 2 aromatic carbocycles. The number of carbonyl (C=O) groups excluding carboxylic acids is 3. The van der Waals surface area contributed by atoms with Gasteiger partial charge in [-0.15, -0.1) is 0 Å². The molecular weight excluding hydrogens is 400 g/mol. The van der Waals surface area contributed by atoms with Gasteiger partial charge in [0.05, 0.1) is 23.8 Å². The van der Waals surface area contributed by atoms with Crippen molar-refractivity contribution < 1.29 is 29.3 Å². The minimum absolute atomic E-state index is 0.0376. The van der Waals surface area contributed by atoms with Crippen LogP contribution in [-0.2, 0) is 17.8 Å². The highest BCUT2D eigenvalue weighted by atomic mass is 16.5. The summed E-state index contributed by atoms with van der Waals surface area (Å²) in [6.45, 7) is 3.08. The van der Waals surface area contributed by atoms with Crippen LogP contribution in [0, 0.1) is 0 Å². The summed E-state index contributed by atoms with van der Waals surface area (Å²) in [5.74, 6) is -2.14. The molecule has 0 atom stereocenters. The molecule has 0 spiro atoms. The monoisotopic (exact) mass is 426 g/mol. The molecule has 1 aliphatic rings. The first kappa shape index (κ1) is 22.1. The SMILES string of the molecule is CCCCN(C)C(=O)c1cc(C(=O)N2Cc3ccc(C(=O)OC)cc3C2)c(O)cc1O. The number of unbranched alkanes of at least 4 members (excludes halogenated alkanes) is 1. The van der Waals surface area contributed by atoms with Crippen molar-refractivity contribution in [2.24, 2.45) is 0 Å². The number of benzene rings is 2. The van der Waals surface area contributed by atoms with E-state index >= 15 is 0 Å². The highest BCUT2D eigenvalue weighted by Crippen LogP contribution is 2.32. The van der Waals surface area contributed by atoms with Crippen molar-refractivity contribution in [2.45, 2.75) is 32.9 Å². The highest BCUT2D eigenvalue weighted by molar-refractivity contribution is 6.03. The summed E-state index contributed by atoms with van der Waals surface area (Å²) in [5, 5.41) is 20.5. The quantitative estimate of drug-likeness (QED) is 0.688. The van der Waals surface area contributed by atoms with Crippen molar-refractivity contribution in [3.05, 3.63) is 58.1 Å². The number of phenols is 2. The molecule has 2 amide bonds. The van der Waals surface area contributed by atoms with Gasteiger partial charge in [0, 0.05) is 32.7 Å². The third kappa shape index (κ3) is 4.47. The Balaban J connectivity index is 1.85. The molecule has 0 aliphatic carbocycles. The molecule has 0 saturated heterocycles. The third-order valence-corrected chi connectivity index (χ3v) is 5.41. The predicted octanol–water partition coefficient (Wildman–Crippen LogP) is 2.91. The Kier molecular flexibility index (Phi) is 6.48. The van der Waals surface area contributed by atoms with Gasteiger partial charge in [0.2, 0.25) is 0 Å². The smallest absolute Gasteiger partial charge is 0.337 e. The molecule has 0 radical (unpaired) electrons. The Morgan fingerprint density at radius 1 is 1.03 bits per heavy atom. The number of phenolic OH excluding ortho intramolecular Hbond substituents is 2. The van der Waals surface area contributed by atoms with Crippen LogP contribution in [0.4, 0.5) is 0 Å². The van der Waals surface area contributed by atoms with Gasteiger partial charge in [-0.2, -0.15) is 0 Å². The van der Waals surface area contributed by atoms with E-state index in [1.165, 1.54) is 23.0 Å². The average molecular weight is 426 g/mol. The molecule has 2 aromatic rings. The Labute approximate surface area is 180 Å². The van der Waals surface area contributed by atoms with Gasteiger partial charge in [0.25, 0.3) is 11.8 Å². The molecule has 8 heteroatoms. The number of hydrogen-bond acceptors (Lipinski definition) is 6. The van der Waals surface area contributed by atoms with Crippen LogP contribution >= 0.6 is 0 Å². The summed E-state index contributed by atoms with van der Waals surface area (Å²) in [5.41, 5.74) is 1.99. The Morgan fingerprint density at radius 2 is 1.71 bits per heavy atom. The lowest BCUT2D eigenvalue weighted by molar-refractivity contribution is 0.0600. The highest BCUT2D eigenvalue weighted by Gasteiger charge is 2.29. The van der Waals surface area contributed by atoms with Crippen LogP contribution in [0.2, 0.25) is 0 Å². The van der Waals surface area contributed by atoms with Crippen molar-refractivity contribution in [3.8, 4) is 11.5 Å². The van der Waals surface area contributed by atoms with E-state index in [1.54, 1.807) is 25.2 Å². The molecule has 1 aliphatic heterocycles. The number of methoxy groups -OCH3 is 1. The average Bonchev–Trinajstić information content (AvgIpc) is 3.19. The molecule has 0 aromatic heterocycles. The minimum Gasteiger partial charge on any atom is -0.507 e. The van der Waals surface area contributed by atoms with E-state index in [9.17, 15) is 24.6 Å². The first-order chi connectivity index (χ1) is 14.8. The molecule has 0 bridgehead atoms. The molecular formula is C23H26N2O6. The molecule has 3 rings (SSSR count). The summed E-state index contributed by atoms with van der Waals surface area (Å²) >= 11 is 0. The van der Waals surface area contributed by atoms with Crippen molar-refractivity contribution in [1.29, 1.82) is 0 Å². The van der Waals surface area contributed by atoms with Gasteiger partial charge in [-0.3, -0.25) is 9.59 Å². The zero-order valence-corrected chi connectivity index (χ0v) is 17.8. The Bertz CT molecular complexity index is 1030. The number of fused-ring (bicyclic) bond motifs is 1. The number of aromatic hydroxyl groups is 2. The molecule has 0 saturated carbocycles. The lowest BCUT2D eigenvalue weighted by Crippen LogP contribution is -2.29. The number of nitrogens with zero attached hydrogens (tertiary/aromatic N) is 2. The number of esters is 1. The van der Waals surface area contributed by atoms with Crippen LogP contribution in [0.3, 0.4) is 0 Å². The molecule has 164 valence electrons. The van der Waals surface area contributed by atoms with Gasteiger partial charge in [-0.05, 0) is 35.7 Å².